The highest BCUT2D eigenvalue weighted by Crippen LogP contribution is 2.39. The second kappa shape index (κ2) is 8.31. The van der Waals surface area contributed by atoms with Crippen molar-refractivity contribution in [2.75, 3.05) is 39.4 Å². The van der Waals surface area contributed by atoms with Gasteiger partial charge in [0.2, 0.25) is 11.8 Å². The third-order valence-electron chi connectivity index (χ3n) is 7.20. The second-order valence-electron chi connectivity index (χ2n) is 9.44. The Balaban J connectivity index is 1.39. The van der Waals surface area contributed by atoms with Gasteiger partial charge in [-0.15, -0.1) is 0 Å². The molecule has 0 saturated carbocycles. The molecule has 2 atom stereocenters. The van der Waals surface area contributed by atoms with Gasteiger partial charge in [-0.3, -0.25) is 19.4 Å². The predicted molar refractivity (Wildman–Crippen MR) is 121 cm³/mol. The van der Waals surface area contributed by atoms with E-state index in [2.05, 4.69) is 21.9 Å². The molecule has 1 fully saturated rings. The summed E-state index contributed by atoms with van der Waals surface area (Å²) >= 11 is 0. The number of benzene rings is 2. The number of amides is 2. The first kappa shape index (κ1) is 21.1. The van der Waals surface area contributed by atoms with Gasteiger partial charge in [-0.2, -0.15) is 0 Å². The van der Waals surface area contributed by atoms with E-state index in [4.69, 9.17) is 16.2 Å². The highest BCUT2D eigenvalue weighted by molar-refractivity contribution is 5.83. The van der Waals surface area contributed by atoms with Crippen LogP contribution >= 0.6 is 0 Å². The van der Waals surface area contributed by atoms with Gasteiger partial charge in [-0.1, -0.05) is 48.5 Å². The topological polar surface area (TPSA) is 102 Å². The first-order chi connectivity index (χ1) is 15.5. The Morgan fingerprint density at radius 2 is 1.25 bits per heavy atom. The summed E-state index contributed by atoms with van der Waals surface area (Å²) in [5.41, 5.74) is 15.9. The SMILES string of the molecule is NC(=O)C1c2ccccc2CCN1CC1(CN2CCc3ccccc3C2C(N)=O)COC1. The molecule has 3 aliphatic heterocycles. The summed E-state index contributed by atoms with van der Waals surface area (Å²) in [6.45, 7) is 4.13. The van der Waals surface area contributed by atoms with E-state index >= 15 is 0 Å². The molecule has 0 bridgehead atoms. The van der Waals surface area contributed by atoms with Crippen molar-refractivity contribution in [2.24, 2.45) is 16.9 Å². The van der Waals surface area contributed by atoms with E-state index in [0.29, 0.717) is 26.3 Å². The van der Waals surface area contributed by atoms with Crippen LogP contribution in [-0.4, -0.2) is 61.0 Å². The number of fused-ring (bicyclic) bond motifs is 2. The van der Waals surface area contributed by atoms with Gasteiger partial charge in [0.1, 0.15) is 12.1 Å². The quantitative estimate of drug-likeness (QED) is 0.711. The van der Waals surface area contributed by atoms with E-state index < -0.39 is 12.1 Å². The minimum Gasteiger partial charge on any atom is -0.380 e. The van der Waals surface area contributed by atoms with Gasteiger partial charge in [0.25, 0.3) is 0 Å². The number of primary amides is 2. The zero-order chi connectivity index (χ0) is 22.3. The Bertz CT molecular complexity index is 958. The Kier molecular flexibility index (Phi) is 5.49. The second-order valence-corrected chi connectivity index (χ2v) is 9.44. The molecule has 3 aliphatic rings. The number of hydrogen-bond acceptors (Lipinski definition) is 5. The molecule has 32 heavy (non-hydrogen) atoms. The Morgan fingerprint density at radius 1 is 0.812 bits per heavy atom. The maximum atomic E-state index is 12.5. The molecule has 0 aromatic heterocycles. The zero-order valence-corrected chi connectivity index (χ0v) is 18.2. The molecule has 0 aliphatic carbocycles. The monoisotopic (exact) mass is 434 g/mol. The van der Waals surface area contributed by atoms with Crippen molar-refractivity contribution >= 4 is 11.8 Å². The fourth-order valence-electron chi connectivity index (χ4n) is 5.73. The molecule has 2 aromatic carbocycles. The van der Waals surface area contributed by atoms with Crippen molar-refractivity contribution in [1.29, 1.82) is 0 Å². The normalized spacial score (nSPS) is 24.8. The summed E-state index contributed by atoms with van der Waals surface area (Å²) in [5.74, 6) is -0.649. The Labute approximate surface area is 188 Å². The summed E-state index contributed by atoms with van der Waals surface area (Å²) in [7, 11) is 0. The van der Waals surface area contributed by atoms with Gasteiger partial charge in [-0.05, 0) is 35.1 Å². The van der Waals surface area contributed by atoms with Gasteiger partial charge in [0, 0.05) is 31.6 Å². The summed E-state index contributed by atoms with van der Waals surface area (Å²) in [6.07, 6.45) is 1.77. The highest BCUT2D eigenvalue weighted by Gasteiger charge is 2.46. The third-order valence-corrected chi connectivity index (χ3v) is 7.20. The van der Waals surface area contributed by atoms with E-state index in [9.17, 15) is 9.59 Å². The number of ether oxygens (including phenoxy) is 1. The predicted octanol–water partition coefficient (Wildman–Crippen LogP) is 1.17. The van der Waals surface area contributed by atoms with Crippen LogP contribution in [0.3, 0.4) is 0 Å². The van der Waals surface area contributed by atoms with E-state index in [1.165, 1.54) is 11.1 Å². The van der Waals surface area contributed by atoms with Crippen molar-refractivity contribution < 1.29 is 14.3 Å². The van der Waals surface area contributed by atoms with Crippen LogP contribution in [-0.2, 0) is 27.2 Å². The molecule has 2 aromatic rings. The van der Waals surface area contributed by atoms with Gasteiger partial charge in [-0.25, -0.2) is 0 Å². The van der Waals surface area contributed by atoms with Crippen molar-refractivity contribution in [3.63, 3.8) is 0 Å². The van der Waals surface area contributed by atoms with E-state index in [1.807, 2.05) is 36.4 Å². The molecule has 2 unspecified atom stereocenters. The summed E-state index contributed by atoms with van der Waals surface area (Å²) in [6, 6.07) is 15.2. The highest BCUT2D eigenvalue weighted by atomic mass is 16.5. The number of rotatable bonds is 6. The number of carbonyl (C=O) groups is 2. The van der Waals surface area contributed by atoms with Crippen molar-refractivity contribution in [3.8, 4) is 0 Å². The summed E-state index contributed by atoms with van der Waals surface area (Å²) in [5, 5.41) is 0. The van der Waals surface area contributed by atoms with Crippen molar-refractivity contribution in [1.82, 2.24) is 9.80 Å². The minimum atomic E-state index is -0.438. The first-order valence-corrected chi connectivity index (χ1v) is 11.3. The molecule has 1 saturated heterocycles. The van der Waals surface area contributed by atoms with Crippen LogP contribution in [0.4, 0.5) is 0 Å². The molecule has 3 heterocycles. The van der Waals surface area contributed by atoms with Crippen LogP contribution in [0.25, 0.3) is 0 Å². The minimum absolute atomic E-state index is 0.167. The summed E-state index contributed by atoms with van der Waals surface area (Å²) in [4.78, 5) is 29.3. The number of hydrogen-bond donors (Lipinski definition) is 2. The van der Waals surface area contributed by atoms with Gasteiger partial charge in [0.05, 0.1) is 13.2 Å². The van der Waals surface area contributed by atoms with E-state index in [-0.39, 0.29) is 17.2 Å². The molecule has 5 rings (SSSR count). The number of nitrogens with two attached hydrogens (primary N) is 2. The standard InChI is InChI=1S/C25H30N4O3/c26-23(30)21-19-7-3-1-5-17(19)9-11-28(21)13-25(15-32-16-25)14-29-12-10-18-6-2-4-8-20(18)22(29)24(27)31/h1-8,21-22H,9-16H2,(H2,26,30)(H2,27,31). The molecule has 168 valence electrons. The lowest BCUT2D eigenvalue weighted by Crippen LogP contribution is -2.60. The first-order valence-electron chi connectivity index (χ1n) is 11.3. The Morgan fingerprint density at radius 3 is 1.62 bits per heavy atom. The van der Waals surface area contributed by atoms with E-state index in [0.717, 1.165) is 37.1 Å². The average molecular weight is 435 g/mol. The molecule has 7 heteroatoms. The van der Waals surface area contributed by atoms with Crippen molar-refractivity contribution in [2.45, 2.75) is 24.9 Å². The Hall–Kier alpha value is -2.74. The van der Waals surface area contributed by atoms with Crippen LogP contribution in [0.15, 0.2) is 48.5 Å². The van der Waals surface area contributed by atoms with Crippen LogP contribution in [0.5, 0.6) is 0 Å². The molecular formula is C25H30N4O3. The fraction of sp³-hybridized carbons (Fsp3) is 0.440. The fourth-order valence-corrected chi connectivity index (χ4v) is 5.73. The zero-order valence-electron chi connectivity index (χ0n) is 18.2. The van der Waals surface area contributed by atoms with Gasteiger partial charge in [0.15, 0.2) is 0 Å². The van der Waals surface area contributed by atoms with Gasteiger partial charge >= 0.3 is 0 Å². The number of nitrogens with zero attached hydrogens (tertiary/aromatic N) is 2. The van der Waals surface area contributed by atoms with Crippen LogP contribution in [0.2, 0.25) is 0 Å². The maximum Gasteiger partial charge on any atom is 0.239 e. The number of carbonyl (C=O) groups excluding carboxylic acids is 2. The van der Waals surface area contributed by atoms with Crippen LogP contribution < -0.4 is 11.5 Å². The molecule has 2 amide bonds. The lowest BCUT2D eigenvalue weighted by atomic mass is 9.80. The largest absolute Gasteiger partial charge is 0.380 e. The maximum absolute atomic E-state index is 12.5. The van der Waals surface area contributed by atoms with Crippen LogP contribution in [0, 0.1) is 5.41 Å². The molecule has 0 radical (unpaired) electrons. The molecule has 7 nitrogen and oxygen atoms in total. The molecule has 0 spiro atoms. The smallest absolute Gasteiger partial charge is 0.239 e. The lowest BCUT2D eigenvalue weighted by Gasteiger charge is -2.50. The van der Waals surface area contributed by atoms with Crippen molar-refractivity contribution in [3.05, 3.63) is 70.8 Å². The summed E-state index contributed by atoms with van der Waals surface area (Å²) < 4.78 is 5.67. The third kappa shape index (κ3) is 3.70. The lowest BCUT2D eigenvalue weighted by molar-refractivity contribution is -0.154. The average Bonchev–Trinajstić information content (AvgIpc) is 2.76. The van der Waals surface area contributed by atoms with Crippen LogP contribution in [0.1, 0.15) is 34.3 Å². The van der Waals surface area contributed by atoms with E-state index in [1.54, 1.807) is 0 Å². The van der Waals surface area contributed by atoms with Gasteiger partial charge < -0.3 is 16.2 Å². The molecule has 4 N–H and O–H groups in total. The molecular weight excluding hydrogens is 404 g/mol.